The molecular weight excluding hydrogens is 376 g/mol. The summed E-state index contributed by atoms with van der Waals surface area (Å²) in [6.45, 7) is 6.96. The molecule has 3 aromatic rings. The quantitative estimate of drug-likeness (QED) is 0.724. The molecule has 2 aromatic heterocycles. The summed E-state index contributed by atoms with van der Waals surface area (Å²) in [6.07, 6.45) is 2.86. The lowest BCUT2D eigenvalue weighted by Crippen LogP contribution is -3.13. The molecule has 154 valence electrons. The number of hydrogen-bond donors (Lipinski definition) is 1. The first-order chi connectivity index (χ1) is 14.7. The van der Waals surface area contributed by atoms with Crippen LogP contribution in [-0.2, 0) is 13.0 Å². The Balaban J connectivity index is 1.31. The molecule has 0 radical (unpaired) electrons. The zero-order valence-corrected chi connectivity index (χ0v) is 17.3. The van der Waals surface area contributed by atoms with Crippen molar-refractivity contribution in [3.05, 3.63) is 77.0 Å². The summed E-state index contributed by atoms with van der Waals surface area (Å²) in [4.78, 5) is 26.2. The van der Waals surface area contributed by atoms with Crippen molar-refractivity contribution in [2.45, 2.75) is 32.2 Å². The number of furan rings is 1. The second-order valence-electron chi connectivity index (χ2n) is 8.37. The summed E-state index contributed by atoms with van der Waals surface area (Å²) >= 11 is 0. The zero-order valence-electron chi connectivity index (χ0n) is 17.3. The van der Waals surface area contributed by atoms with Crippen LogP contribution in [0.25, 0.3) is 0 Å². The van der Waals surface area contributed by atoms with E-state index >= 15 is 0 Å². The number of ketones is 1. The highest BCUT2D eigenvalue weighted by Crippen LogP contribution is 2.33. The van der Waals surface area contributed by atoms with E-state index in [-0.39, 0.29) is 11.7 Å². The number of fused-ring (bicyclic) bond motifs is 1. The van der Waals surface area contributed by atoms with Crippen molar-refractivity contribution in [3.63, 3.8) is 0 Å². The van der Waals surface area contributed by atoms with Crippen molar-refractivity contribution >= 4 is 11.7 Å². The minimum Gasteiger partial charge on any atom is -0.469 e. The van der Waals surface area contributed by atoms with Crippen molar-refractivity contribution in [1.29, 1.82) is 0 Å². The molecule has 1 atom stereocenters. The average molecular weight is 404 g/mol. The molecule has 2 aliphatic rings. The number of anilines is 1. The molecule has 1 saturated heterocycles. The molecule has 0 spiro atoms. The van der Waals surface area contributed by atoms with E-state index in [4.69, 9.17) is 14.4 Å². The Bertz CT molecular complexity index is 1020. The van der Waals surface area contributed by atoms with Crippen LogP contribution in [0.2, 0.25) is 0 Å². The fraction of sp³-hybridized carbons (Fsp3) is 0.375. The molecule has 1 aliphatic heterocycles. The Morgan fingerprint density at radius 1 is 1.07 bits per heavy atom. The smallest absolute Gasteiger partial charge is 0.226 e. The van der Waals surface area contributed by atoms with Crippen molar-refractivity contribution in [3.8, 4) is 0 Å². The number of nitrogens with one attached hydrogen (secondary N) is 1. The molecule has 1 aromatic carbocycles. The molecule has 0 saturated carbocycles. The maximum Gasteiger partial charge on any atom is 0.226 e. The predicted octanol–water partition coefficient (Wildman–Crippen LogP) is 2.20. The Morgan fingerprint density at radius 2 is 1.87 bits per heavy atom. The molecule has 1 N–H and O–H groups in total. The average Bonchev–Trinajstić information content (AvgIpc) is 3.29. The number of carbonyl (C=O) groups excluding carboxylic acids is 1. The Hall–Kier alpha value is -2.99. The van der Waals surface area contributed by atoms with Crippen LogP contribution in [0.4, 0.5) is 5.95 Å². The van der Waals surface area contributed by atoms with Gasteiger partial charge < -0.3 is 14.2 Å². The Labute approximate surface area is 176 Å². The van der Waals surface area contributed by atoms with Gasteiger partial charge in [0.25, 0.3) is 0 Å². The second kappa shape index (κ2) is 8.03. The van der Waals surface area contributed by atoms with Gasteiger partial charge in [0.2, 0.25) is 5.95 Å². The van der Waals surface area contributed by atoms with Crippen molar-refractivity contribution in [2.75, 3.05) is 31.1 Å². The van der Waals surface area contributed by atoms with Crippen molar-refractivity contribution in [2.24, 2.45) is 0 Å². The van der Waals surface area contributed by atoms with Crippen LogP contribution in [0.3, 0.4) is 0 Å². The van der Waals surface area contributed by atoms with Gasteiger partial charge in [0.05, 0.1) is 49.4 Å². The van der Waals surface area contributed by atoms with E-state index in [9.17, 15) is 4.79 Å². The molecule has 6 nitrogen and oxygen atoms in total. The molecule has 0 unspecified atom stereocenters. The van der Waals surface area contributed by atoms with Crippen LogP contribution in [0.1, 0.15) is 45.4 Å². The lowest BCUT2D eigenvalue weighted by molar-refractivity contribution is -0.914. The lowest BCUT2D eigenvalue weighted by Gasteiger charge is -2.33. The van der Waals surface area contributed by atoms with Gasteiger partial charge in [0.15, 0.2) is 5.78 Å². The largest absolute Gasteiger partial charge is 0.469 e. The fourth-order valence-corrected chi connectivity index (χ4v) is 4.71. The maximum absolute atomic E-state index is 12.8. The third-order valence-corrected chi connectivity index (χ3v) is 6.30. The van der Waals surface area contributed by atoms with Gasteiger partial charge in [-0.05, 0) is 19.1 Å². The van der Waals surface area contributed by atoms with Crippen molar-refractivity contribution in [1.82, 2.24) is 9.97 Å². The first-order valence-electron chi connectivity index (χ1n) is 10.7. The van der Waals surface area contributed by atoms with Gasteiger partial charge in [-0.1, -0.05) is 30.3 Å². The molecule has 1 fully saturated rings. The summed E-state index contributed by atoms with van der Waals surface area (Å²) in [5.41, 5.74) is 3.77. The van der Waals surface area contributed by atoms with Crippen LogP contribution >= 0.6 is 0 Å². The number of carbonyl (C=O) groups is 1. The van der Waals surface area contributed by atoms with E-state index in [2.05, 4.69) is 35.2 Å². The van der Waals surface area contributed by atoms with Gasteiger partial charge in [-0.15, -0.1) is 0 Å². The lowest BCUT2D eigenvalue weighted by atomic mass is 9.84. The highest BCUT2D eigenvalue weighted by atomic mass is 16.3. The monoisotopic (exact) mass is 403 g/mol. The number of rotatable bonds is 4. The van der Waals surface area contributed by atoms with E-state index in [1.165, 1.54) is 5.56 Å². The summed E-state index contributed by atoms with van der Waals surface area (Å²) in [7, 11) is 0. The predicted molar refractivity (Wildman–Crippen MR) is 114 cm³/mol. The first-order valence-corrected chi connectivity index (χ1v) is 10.7. The number of aryl methyl sites for hydroxylation is 1. The standard InChI is InChI=1S/C24H26N4O2/c1-17-23-20(14-19(15-21(23)29)22-8-5-13-30-22)26-24(25-17)28-11-9-27(10-12-28)16-18-6-3-2-4-7-18/h2-8,13,19H,9-12,14-16H2,1H3/p+1/t19-/m1/s1. The number of piperazine rings is 1. The summed E-state index contributed by atoms with van der Waals surface area (Å²) in [5.74, 6) is 1.82. The van der Waals surface area contributed by atoms with Gasteiger partial charge in [-0.25, -0.2) is 9.97 Å². The van der Waals surface area contributed by atoms with E-state index < -0.39 is 0 Å². The minimum atomic E-state index is 0.0642. The van der Waals surface area contributed by atoms with Gasteiger partial charge in [0, 0.05) is 24.3 Å². The van der Waals surface area contributed by atoms with Crippen LogP contribution in [0, 0.1) is 6.92 Å². The summed E-state index contributed by atoms with van der Waals surface area (Å²) in [6, 6.07) is 14.5. The number of benzene rings is 1. The molecule has 0 amide bonds. The van der Waals surface area contributed by atoms with Crippen LogP contribution in [-0.4, -0.2) is 41.9 Å². The van der Waals surface area contributed by atoms with Crippen LogP contribution < -0.4 is 9.80 Å². The van der Waals surface area contributed by atoms with Crippen molar-refractivity contribution < 1.29 is 14.1 Å². The molecule has 5 rings (SSSR count). The number of quaternary nitrogens is 1. The zero-order chi connectivity index (χ0) is 20.5. The van der Waals surface area contributed by atoms with Gasteiger partial charge >= 0.3 is 0 Å². The van der Waals surface area contributed by atoms with Gasteiger partial charge in [0.1, 0.15) is 12.3 Å². The highest BCUT2D eigenvalue weighted by Gasteiger charge is 2.32. The molecule has 30 heavy (non-hydrogen) atoms. The van der Waals surface area contributed by atoms with Gasteiger partial charge in [-0.3, -0.25) is 4.79 Å². The van der Waals surface area contributed by atoms with E-state index in [0.29, 0.717) is 6.42 Å². The highest BCUT2D eigenvalue weighted by molar-refractivity contribution is 5.99. The van der Waals surface area contributed by atoms with Crippen LogP contribution in [0.15, 0.2) is 53.1 Å². The minimum absolute atomic E-state index is 0.0642. The topological polar surface area (TPSA) is 63.7 Å². The third kappa shape index (κ3) is 3.75. The third-order valence-electron chi connectivity index (χ3n) is 6.30. The Morgan fingerprint density at radius 3 is 2.60 bits per heavy atom. The first kappa shape index (κ1) is 19.0. The maximum atomic E-state index is 12.8. The van der Waals surface area contributed by atoms with E-state index in [1.807, 2.05) is 19.1 Å². The Kier molecular flexibility index (Phi) is 5.09. The van der Waals surface area contributed by atoms with Gasteiger partial charge in [-0.2, -0.15) is 0 Å². The number of aromatic nitrogens is 2. The normalized spacial score (nSPS) is 19.7. The number of hydrogen-bond acceptors (Lipinski definition) is 5. The number of nitrogens with zero attached hydrogens (tertiary/aromatic N) is 3. The van der Waals surface area contributed by atoms with E-state index in [1.54, 1.807) is 11.2 Å². The summed E-state index contributed by atoms with van der Waals surface area (Å²) in [5, 5.41) is 0. The molecule has 6 heteroatoms. The fourth-order valence-electron chi connectivity index (χ4n) is 4.71. The SMILES string of the molecule is Cc1nc(N2CC[NH+](Cc3ccccc3)CC2)nc2c1C(=O)C[C@H](c1ccco1)C2. The van der Waals surface area contributed by atoms with Crippen LogP contribution in [0.5, 0.6) is 0 Å². The number of Topliss-reactive ketones (excluding diaryl/α,β-unsaturated/α-hetero) is 1. The summed E-state index contributed by atoms with van der Waals surface area (Å²) < 4.78 is 5.56. The molecular formula is C24H27N4O2+. The second-order valence-corrected chi connectivity index (χ2v) is 8.37. The van der Waals surface area contributed by atoms with E-state index in [0.717, 1.165) is 67.8 Å². The molecule has 3 heterocycles. The molecule has 1 aliphatic carbocycles. The molecule has 0 bridgehead atoms.